The molecule has 1 saturated carbocycles. The second-order valence-corrected chi connectivity index (χ2v) is 4.67. The molecule has 1 unspecified atom stereocenters. The molecule has 5 nitrogen and oxygen atoms in total. The van der Waals surface area contributed by atoms with E-state index in [1.165, 1.54) is 12.8 Å². The van der Waals surface area contributed by atoms with E-state index in [4.69, 9.17) is 16.3 Å². The van der Waals surface area contributed by atoms with Crippen LogP contribution >= 0.6 is 11.6 Å². The zero-order chi connectivity index (χ0) is 12.3. The molecular weight excluding hydrogens is 240 g/mol. The minimum Gasteiger partial charge on any atom is -0.463 e. The van der Waals surface area contributed by atoms with Gasteiger partial charge in [-0.15, -0.1) is 0 Å². The predicted octanol–water partition coefficient (Wildman–Crippen LogP) is 2.52. The van der Waals surface area contributed by atoms with E-state index >= 15 is 0 Å². The number of rotatable bonds is 6. The Balaban J connectivity index is 2.02. The van der Waals surface area contributed by atoms with Gasteiger partial charge in [0.15, 0.2) is 0 Å². The minimum absolute atomic E-state index is 0.164. The van der Waals surface area contributed by atoms with Crippen molar-refractivity contribution in [2.45, 2.75) is 39.2 Å². The predicted molar refractivity (Wildman–Crippen MR) is 66.4 cm³/mol. The highest BCUT2D eigenvalue weighted by Crippen LogP contribution is 2.33. The van der Waals surface area contributed by atoms with Crippen molar-refractivity contribution in [2.75, 3.05) is 11.9 Å². The molecule has 6 heteroatoms. The highest BCUT2D eigenvalue weighted by atomic mass is 35.5. The summed E-state index contributed by atoms with van der Waals surface area (Å²) >= 11 is 5.83. The lowest BCUT2D eigenvalue weighted by atomic mass is 10.2. The maximum absolute atomic E-state index is 5.83. The molecule has 0 saturated heterocycles. The van der Waals surface area contributed by atoms with Gasteiger partial charge in [-0.25, -0.2) is 0 Å². The molecule has 1 aliphatic carbocycles. The molecule has 1 aromatic heterocycles. The van der Waals surface area contributed by atoms with Crippen molar-refractivity contribution < 1.29 is 4.74 Å². The Labute approximate surface area is 106 Å². The summed E-state index contributed by atoms with van der Waals surface area (Å²) in [5, 5.41) is 3.40. The fourth-order valence-corrected chi connectivity index (χ4v) is 1.72. The van der Waals surface area contributed by atoms with Crippen LogP contribution in [0.2, 0.25) is 5.28 Å². The molecule has 0 spiro atoms. The van der Waals surface area contributed by atoms with Crippen molar-refractivity contribution in [3.8, 4) is 6.01 Å². The Morgan fingerprint density at radius 1 is 1.41 bits per heavy atom. The smallest absolute Gasteiger partial charge is 0.322 e. The van der Waals surface area contributed by atoms with Crippen LogP contribution in [-0.4, -0.2) is 27.6 Å². The summed E-state index contributed by atoms with van der Waals surface area (Å²) < 4.78 is 5.35. The average Bonchev–Trinajstić information content (AvgIpc) is 3.09. The summed E-state index contributed by atoms with van der Waals surface area (Å²) in [5.74, 6) is 1.22. The zero-order valence-corrected chi connectivity index (χ0v) is 10.9. The van der Waals surface area contributed by atoms with Gasteiger partial charge in [0.1, 0.15) is 0 Å². The fourth-order valence-electron chi connectivity index (χ4n) is 1.57. The van der Waals surface area contributed by atoms with Crippen LogP contribution in [-0.2, 0) is 0 Å². The molecule has 1 fully saturated rings. The van der Waals surface area contributed by atoms with E-state index in [1.807, 2.05) is 6.92 Å². The maximum atomic E-state index is 5.83. The second kappa shape index (κ2) is 5.49. The topological polar surface area (TPSA) is 59.9 Å². The molecule has 0 aliphatic heterocycles. The van der Waals surface area contributed by atoms with E-state index in [0.29, 0.717) is 18.6 Å². The number of hydrogen-bond donors (Lipinski definition) is 1. The van der Waals surface area contributed by atoms with Crippen molar-refractivity contribution in [2.24, 2.45) is 5.92 Å². The van der Waals surface area contributed by atoms with Crippen LogP contribution in [0.25, 0.3) is 0 Å². The van der Waals surface area contributed by atoms with Crippen molar-refractivity contribution >= 4 is 17.5 Å². The number of ether oxygens (including phenoxy) is 1. The third-order valence-corrected chi connectivity index (χ3v) is 2.88. The Morgan fingerprint density at radius 2 is 2.18 bits per heavy atom. The molecule has 17 heavy (non-hydrogen) atoms. The molecule has 1 heterocycles. The summed E-state index contributed by atoms with van der Waals surface area (Å²) in [5.41, 5.74) is 0. The van der Waals surface area contributed by atoms with E-state index in [0.717, 1.165) is 12.3 Å². The van der Waals surface area contributed by atoms with Crippen LogP contribution in [0.5, 0.6) is 6.01 Å². The molecule has 1 aromatic rings. The quantitative estimate of drug-likeness (QED) is 0.848. The van der Waals surface area contributed by atoms with Gasteiger partial charge in [-0.2, -0.15) is 15.0 Å². The van der Waals surface area contributed by atoms with Crippen LogP contribution in [0.3, 0.4) is 0 Å². The standard InChI is InChI=1S/C11H17ClN4O/c1-3-6-17-11-15-9(12)14-10(16-11)13-7(2)8-4-5-8/h7-8H,3-6H2,1-2H3,(H,13,14,15,16). The molecule has 0 aromatic carbocycles. The lowest BCUT2D eigenvalue weighted by Crippen LogP contribution is -2.19. The minimum atomic E-state index is 0.164. The number of halogens is 1. The van der Waals surface area contributed by atoms with Gasteiger partial charge < -0.3 is 10.1 Å². The largest absolute Gasteiger partial charge is 0.463 e. The zero-order valence-electron chi connectivity index (χ0n) is 10.1. The van der Waals surface area contributed by atoms with Gasteiger partial charge in [0.2, 0.25) is 11.2 Å². The van der Waals surface area contributed by atoms with Crippen molar-refractivity contribution in [1.82, 2.24) is 15.0 Å². The van der Waals surface area contributed by atoms with Crippen LogP contribution in [0, 0.1) is 5.92 Å². The number of nitrogens with zero attached hydrogens (tertiary/aromatic N) is 3. The van der Waals surface area contributed by atoms with Gasteiger partial charge in [-0.05, 0) is 43.7 Å². The molecular formula is C11H17ClN4O. The molecule has 1 N–H and O–H groups in total. The summed E-state index contributed by atoms with van der Waals surface area (Å²) in [7, 11) is 0. The average molecular weight is 257 g/mol. The van der Waals surface area contributed by atoms with Crippen LogP contribution in [0.1, 0.15) is 33.1 Å². The molecule has 1 atom stereocenters. The monoisotopic (exact) mass is 256 g/mol. The van der Waals surface area contributed by atoms with E-state index in [2.05, 4.69) is 27.2 Å². The Bertz CT molecular complexity index is 384. The molecule has 0 bridgehead atoms. The summed E-state index contributed by atoms with van der Waals surface area (Å²) in [6.45, 7) is 4.73. The highest BCUT2D eigenvalue weighted by Gasteiger charge is 2.28. The van der Waals surface area contributed by atoms with Gasteiger partial charge >= 0.3 is 6.01 Å². The lowest BCUT2D eigenvalue weighted by molar-refractivity contribution is 0.291. The molecule has 0 radical (unpaired) electrons. The number of hydrogen-bond acceptors (Lipinski definition) is 5. The third kappa shape index (κ3) is 3.70. The van der Waals surface area contributed by atoms with Crippen molar-refractivity contribution in [1.29, 1.82) is 0 Å². The van der Waals surface area contributed by atoms with Gasteiger partial charge in [0.05, 0.1) is 6.61 Å². The van der Waals surface area contributed by atoms with E-state index in [1.54, 1.807) is 0 Å². The second-order valence-electron chi connectivity index (χ2n) is 4.33. The summed E-state index contributed by atoms with van der Waals surface area (Å²) in [4.78, 5) is 12.1. The Morgan fingerprint density at radius 3 is 2.82 bits per heavy atom. The Kier molecular flexibility index (Phi) is 3.99. The first-order valence-electron chi connectivity index (χ1n) is 6.00. The van der Waals surface area contributed by atoms with E-state index < -0.39 is 0 Å². The third-order valence-electron chi connectivity index (χ3n) is 2.71. The normalized spacial score (nSPS) is 16.6. The van der Waals surface area contributed by atoms with Crippen molar-refractivity contribution in [3.05, 3.63) is 5.28 Å². The maximum Gasteiger partial charge on any atom is 0.322 e. The molecule has 2 rings (SSSR count). The molecule has 0 amide bonds. The summed E-state index contributed by atoms with van der Waals surface area (Å²) in [6, 6.07) is 0.657. The van der Waals surface area contributed by atoms with Gasteiger partial charge in [0, 0.05) is 6.04 Å². The fraction of sp³-hybridized carbons (Fsp3) is 0.727. The summed E-state index contributed by atoms with van der Waals surface area (Å²) in [6.07, 6.45) is 3.45. The number of nitrogens with one attached hydrogen (secondary N) is 1. The first kappa shape index (κ1) is 12.4. The van der Waals surface area contributed by atoms with Gasteiger partial charge in [-0.3, -0.25) is 0 Å². The Hall–Kier alpha value is -1.10. The van der Waals surface area contributed by atoms with Gasteiger partial charge in [0.25, 0.3) is 0 Å². The lowest BCUT2D eigenvalue weighted by Gasteiger charge is -2.13. The van der Waals surface area contributed by atoms with Crippen LogP contribution in [0.15, 0.2) is 0 Å². The van der Waals surface area contributed by atoms with Crippen molar-refractivity contribution in [3.63, 3.8) is 0 Å². The first-order chi connectivity index (χ1) is 8.19. The SMILES string of the molecule is CCCOc1nc(Cl)nc(NC(C)C2CC2)n1. The number of anilines is 1. The number of aromatic nitrogens is 3. The van der Waals surface area contributed by atoms with Gasteiger partial charge in [-0.1, -0.05) is 6.92 Å². The van der Waals surface area contributed by atoms with Crippen LogP contribution in [0.4, 0.5) is 5.95 Å². The van der Waals surface area contributed by atoms with E-state index in [-0.39, 0.29) is 11.3 Å². The highest BCUT2D eigenvalue weighted by molar-refractivity contribution is 6.28. The first-order valence-corrected chi connectivity index (χ1v) is 6.37. The van der Waals surface area contributed by atoms with Crippen LogP contribution < -0.4 is 10.1 Å². The van der Waals surface area contributed by atoms with E-state index in [9.17, 15) is 0 Å². The molecule has 1 aliphatic rings. The molecule has 94 valence electrons.